The van der Waals surface area contributed by atoms with Gasteiger partial charge in [-0.05, 0) is 38.3 Å². The summed E-state index contributed by atoms with van der Waals surface area (Å²) in [5.41, 5.74) is 8.89. The van der Waals surface area contributed by atoms with E-state index in [9.17, 15) is 4.79 Å². The monoisotopic (exact) mass is 355 g/mol. The molecule has 0 amide bonds. The first-order valence-corrected chi connectivity index (χ1v) is 8.94. The lowest BCUT2D eigenvalue weighted by Gasteiger charge is -2.33. The van der Waals surface area contributed by atoms with Crippen LogP contribution < -0.4 is 16.0 Å². The molecule has 0 aliphatic carbocycles. The Hall–Kier alpha value is -2.83. The first-order valence-electron chi connectivity index (χ1n) is 8.94. The highest BCUT2D eigenvalue weighted by atomic mass is 16.5. The van der Waals surface area contributed by atoms with Crippen LogP contribution in [0.15, 0.2) is 30.6 Å². The SMILES string of the molecule is CCOC(=O)C1CCCN(c2ncnc(Nc3ccccc3C)c2N)C1. The summed E-state index contributed by atoms with van der Waals surface area (Å²) in [4.78, 5) is 22.8. The van der Waals surface area contributed by atoms with Crippen LogP contribution in [-0.2, 0) is 9.53 Å². The molecule has 1 aromatic carbocycles. The molecule has 0 saturated carbocycles. The van der Waals surface area contributed by atoms with E-state index in [0.29, 0.717) is 30.5 Å². The standard InChI is InChI=1S/C19H25N5O2/c1-3-26-19(25)14-8-6-10-24(11-14)18-16(20)17(21-12-22-18)23-15-9-5-4-7-13(15)2/h4-5,7,9,12,14H,3,6,8,10-11,20H2,1-2H3,(H,21,22,23). The summed E-state index contributed by atoms with van der Waals surface area (Å²) in [5, 5.41) is 3.28. The number of hydrogen-bond acceptors (Lipinski definition) is 7. The third-order valence-electron chi connectivity index (χ3n) is 4.60. The predicted octanol–water partition coefficient (Wildman–Crippen LogP) is 2.89. The number of ether oxygens (including phenoxy) is 1. The quantitative estimate of drug-likeness (QED) is 0.797. The minimum atomic E-state index is -0.150. The summed E-state index contributed by atoms with van der Waals surface area (Å²) in [5.74, 6) is 0.932. The Bertz CT molecular complexity index is 780. The predicted molar refractivity (Wildman–Crippen MR) is 102 cm³/mol. The van der Waals surface area contributed by atoms with E-state index in [2.05, 4.69) is 15.3 Å². The van der Waals surface area contributed by atoms with E-state index in [0.717, 1.165) is 30.6 Å². The van der Waals surface area contributed by atoms with E-state index in [1.807, 2.05) is 43.0 Å². The highest BCUT2D eigenvalue weighted by Gasteiger charge is 2.29. The maximum Gasteiger partial charge on any atom is 0.310 e. The fourth-order valence-corrected chi connectivity index (χ4v) is 3.20. The lowest BCUT2D eigenvalue weighted by Crippen LogP contribution is -2.40. The number of aryl methyl sites for hydroxylation is 1. The van der Waals surface area contributed by atoms with Crippen molar-refractivity contribution >= 4 is 29.0 Å². The van der Waals surface area contributed by atoms with E-state index in [4.69, 9.17) is 10.5 Å². The molecule has 0 bridgehead atoms. The van der Waals surface area contributed by atoms with Crippen molar-refractivity contribution in [2.75, 3.05) is 35.6 Å². The summed E-state index contributed by atoms with van der Waals surface area (Å²) in [7, 11) is 0. The number of anilines is 4. The zero-order chi connectivity index (χ0) is 18.5. The normalized spacial score (nSPS) is 17.0. The second kappa shape index (κ2) is 8.03. The minimum Gasteiger partial charge on any atom is -0.466 e. The number of hydrogen-bond donors (Lipinski definition) is 2. The fourth-order valence-electron chi connectivity index (χ4n) is 3.20. The van der Waals surface area contributed by atoms with Crippen molar-refractivity contribution in [3.63, 3.8) is 0 Å². The Kier molecular flexibility index (Phi) is 5.55. The van der Waals surface area contributed by atoms with Crippen LogP contribution in [0.3, 0.4) is 0 Å². The van der Waals surface area contributed by atoms with Crippen LogP contribution in [0.1, 0.15) is 25.3 Å². The van der Waals surface area contributed by atoms with Gasteiger partial charge in [0.05, 0.1) is 12.5 Å². The molecule has 0 radical (unpaired) electrons. The molecule has 1 unspecified atom stereocenters. The van der Waals surface area contributed by atoms with Gasteiger partial charge in [0.15, 0.2) is 11.6 Å². The van der Waals surface area contributed by atoms with Gasteiger partial charge in [-0.15, -0.1) is 0 Å². The number of aromatic nitrogens is 2. The van der Waals surface area contributed by atoms with Gasteiger partial charge in [0.1, 0.15) is 12.0 Å². The first kappa shape index (κ1) is 18.0. The van der Waals surface area contributed by atoms with Gasteiger partial charge in [0.2, 0.25) is 0 Å². The Balaban J connectivity index is 1.80. The Morgan fingerprint density at radius 3 is 2.96 bits per heavy atom. The van der Waals surface area contributed by atoms with E-state index in [1.54, 1.807) is 0 Å². The Morgan fingerprint density at radius 2 is 2.19 bits per heavy atom. The second-order valence-electron chi connectivity index (χ2n) is 6.44. The largest absolute Gasteiger partial charge is 0.466 e. The summed E-state index contributed by atoms with van der Waals surface area (Å²) >= 11 is 0. The molecule has 1 atom stereocenters. The number of piperidine rings is 1. The molecule has 0 spiro atoms. The molecule has 1 aliphatic rings. The minimum absolute atomic E-state index is 0.147. The summed E-state index contributed by atoms with van der Waals surface area (Å²) < 4.78 is 5.17. The summed E-state index contributed by atoms with van der Waals surface area (Å²) in [6.07, 6.45) is 3.22. The number of nitrogens with zero attached hydrogens (tertiary/aromatic N) is 3. The number of benzene rings is 1. The van der Waals surface area contributed by atoms with Crippen LogP contribution in [0.25, 0.3) is 0 Å². The average Bonchev–Trinajstić information content (AvgIpc) is 2.65. The van der Waals surface area contributed by atoms with E-state index >= 15 is 0 Å². The molecule has 1 aliphatic heterocycles. The van der Waals surface area contributed by atoms with Gasteiger partial charge in [-0.1, -0.05) is 18.2 Å². The van der Waals surface area contributed by atoms with Crippen molar-refractivity contribution in [2.45, 2.75) is 26.7 Å². The van der Waals surface area contributed by atoms with Gasteiger partial charge in [-0.25, -0.2) is 9.97 Å². The number of nitrogen functional groups attached to an aromatic ring is 1. The maximum atomic E-state index is 12.1. The van der Waals surface area contributed by atoms with Crippen LogP contribution in [0.4, 0.5) is 23.0 Å². The highest BCUT2D eigenvalue weighted by molar-refractivity contribution is 5.80. The molecule has 1 aromatic heterocycles. The third kappa shape index (κ3) is 3.87. The maximum absolute atomic E-state index is 12.1. The second-order valence-corrected chi connectivity index (χ2v) is 6.44. The Labute approximate surface area is 153 Å². The molecule has 3 N–H and O–H groups in total. The fraction of sp³-hybridized carbons (Fsp3) is 0.421. The van der Waals surface area contributed by atoms with Crippen molar-refractivity contribution in [2.24, 2.45) is 5.92 Å². The van der Waals surface area contributed by atoms with Crippen LogP contribution in [-0.4, -0.2) is 35.6 Å². The lowest BCUT2D eigenvalue weighted by atomic mass is 9.98. The van der Waals surface area contributed by atoms with Crippen molar-refractivity contribution in [1.82, 2.24) is 9.97 Å². The van der Waals surface area contributed by atoms with Gasteiger partial charge in [-0.3, -0.25) is 4.79 Å². The zero-order valence-corrected chi connectivity index (χ0v) is 15.2. The van der Waals surface area contributed by atoms with E-state index < -0.39 is 0 Å². The Morgan fingerprint density at radius 1 is 1.38 bits per heavy atom. The molecule has 26 heavy (non-hydrogen) atoms. The van der Waals surface area contributed by atoms with Crippen LogP contribution in [0, 0.1) is 12.8 Å². The average molecular weight is 355 g/mol. The topological polar surface area (TPSA) is 93.4 Å². The number of rotatable bonds is 5. The summed E-state index contributed by atoms with van der Waals surface area (Å²) in [6, 6.07) is 7.95. The molecule has 7 heteroatoms. The van der Waals surface area contributed by atoms with Crippen LogP contribution >= 0.6 is 0 Å². The zero-order valence-electron chi connectivity index (χ0n) is 15.2. The molecule has 7 nitrogen and oxygen atoms in total. The molecule has 138 valence electrons. The van der Waals surface area contributed by atoms with Gasteiger partial charge in [0.25, 0.3) is 0 Å². The first-order chi connectivity index (χ1) is 12.6. The van der Waals surface area contributed by atoms with Gasteiger partial charge in [0, 0.05) is 18.8 Å². The van der Waals surface area contributed by atoms with Crippen molar-refractivity contribution in [3.8, 4) is 0 Å². The van der Waals surface area contributed by atoms with Gasteiger partial charge < -0.3 is 20.7 Å². The number of carbonyl (C=O) groups excluding carboxylic acids is 1. The van der Waals surface area contributed by atoms with Crippen molar-refractivity contribution in [1.29, 1.82) is 0 Å². The number of nitrogens with two attached hydrogens (primary N) is 1. The molecule has 2 aromatic rings. The van der Waals surface area contributed by atoms with E-state index in [1.165, 1.54) is 6.33 Å². The number of nitrogens with one attached hydrogen (secondary N) is 1. The molecular formula is C19H25N5O2. The molecule has 1 fully saturated rings. The molecular weight excluding hydrogens is 330 g/mol. The van der Waals surface area contributed by atoms with Crippen molar-refractivity contribution in [3.05, 3.63) is 36.2 Å². The van der Waals surface area contributed by atoms with Crippen LogP contribution in [0.5, 0.6) is 0 Å². The molecule has 2 heterocycles. The number of para-hydroxylation sites is 1. The summed E-state index contributed by atoms with van der Waals surface area (Å²) in [6.45, 7) is 5.61. The van der Waals surface area contributed by atoms with Crippen LogP contribution in [0.2, 0.25) is 0 Å². The lowest BCUT2D eigenvalue weighted by molar-refractivity contribution is -0.148. The molecule has 1 saturated heterocycles. The number of carbonyl (C=O) groups is 1. The van der Waals surface area contributed by atoms with Gasteiger partial charge in [-0.2, -0.15) is 0 Å². The smallest absolute Gasteiger partial charge is 0.310 e. The molecule has 3 rings (SSSR count). The highest BCUT2D eigenvalue weighted by Crippen LogP contribution is 2.32. The number of esters is 1. The van der Waals surface area contributed by atoms with Crippen molar-refractivity contribution < 1.29 is 9.53 Å². The third-order valence-corrected chi connectivity index (χ3v) is 4.60. The van der Waals surface area contributed by atoms with Gasteiger partial charge >= 0.3 is 5.97 Å². The van der Waals surface area contributed by atoms with E-state index in [-0.39, 0.29) is 11.9 Å².